The Hall–Kier alpha value is -1.47. The van der Waals surface area contributed by atoms with Crippen LogP contribution in [0.5, 0.6) is 0 Å². The molecule has 0 aliphatic rings. The molecule has 2 N–H and O–H groups in total. The van der Waals surface area contributed by atoms with Gasteiger partial charge in [0.15, 0.2) is 0 Å². The third-order valence-corrected chi connectivity index (χ3v) is 3.33. The van der Waals surface area contributed by atoms with E-state index in [1.807, 2.05) is 6.07 Å². The van der Waals surface area contributed by atoms with Crippen LogP contribution in [0.3, 0.4) is 0 Å². The zero-order valence-corrected chi connectivity index (χ0v) is 11.9. The summed E-state index contributed by atoms with van der Waals surface area (Å²) in [7, 11) is 0. The Labute approximate surface area is 125 Å². The average Bonchev–Trinajstić information content (AvgIpc) is 2.31. The van der Waals surface area contributed by atoms with Crippen molar-refractivity contribution >= 4 is 40.6 Å². The Morgan fingerprint density at radius 2 is 1.79 bits per heavy atom. The van der Waals surface area contributed by atoms with Gasteiger partial charge in [-0.05, 0) is 24.3 Å². The van der Waals surface area contributed by atoms with Gasteiger partial charge in [0, 0.05) is 16.1 Å². The van der Waals surface area contributed by atoms with Gasteiger partial charge >= 0.3 is 0 Å². The summed E-state index contributed by atoms with van der Waals surface area (Å²) in [6.07, 6.45) is 0.121. The highest BCUT2D eigenvalue weighted by Crippen LogP contribution is 2.38. The van der Waals surface area contributed by atoms with E-state index in [4.69, 9.17) is 45.8 Å². The lowest BCUT2D eigenvalue weighted by Crippen LogP contribution is -1.98. The molecule has 0 amide bonds. The summed E-state index contributed by atoms with van der Waals surface area (Å²) in [5.74, 6) is 0.343. The van der Waals surface area contributed by atoms with Crippen LogP contribution in [0.15, 0.2) is 24.3 Å². The number of anilines is 1. The van der Waals surface area contributed by atoms with Crippen LogP contribution in [0.4, 0.5) is 5.82 Å². The molecule has 0 bridgehead atoms. The fraction of sp³-hybridized carbons (Fsp3) is 0.0769. The summed E-state index contributed by atoms with van der Waals surface area (Å²) in [6, 6.07) is 8.61. The highest BCUT2D eigenvalue weighted by molar-refractivity contribution is 6.41. The standard InChI is InChI=1S/C13H8Cl3N3/c14-7-5-9(15)13(10(16)6-7)8-1-2-12(18)19-11(8)3-4-17/h1-2,5-6H,3H2,(H2,18,19). The van der Waals surface area contributed by atoms with Crippen molar-refractivity contribution in [3.63, 3.8) is 0 Å². The van der Waals surface area contributed by atoms with Crippen molar-refractivity contribution in [3.05, 3.63) is 45.0 Å². The first kappa shape index (κ1) is 14.0. The van der Waals surface area contributed by atoms with E-state index in [0.29, 0.717) is 37.7 Å². The van der Waals surface area contributed by atoms with Crippen molar-refractivity contribution in [3.8, 4) is 17.2 Å². The summed E-state index contributed by atoms with van der Waals surface area (Å²) < 4.78 is 0. The molecule has 0 aliphatic carbocycles. The van der Waals surface area contributed by atoms with E-state index in [-0.39, 0.29) is 6.42 Å². The van der Waals surface area contributed by atoms with Gasteiger partial charge in [-0.25, -0.2) is 4.98 Å². The summed E-state index contributed by atoms with van der Waals surface area (Å²) >= 11 is 18.2. The smallest absolute Gasteiger partial charge is 0.123 e. The van der Waals surface area contributed by atoms with Crippen LogP contribution in [-0.2, 0) is 6.42 Å². The maximum Gasteiger partial charge on any atom is 0.123 e. The van der Waals surface area contributed by atoms with E-state index in [9.17, 15) is 0 Å². The number of pyridine rings is 1. The minimum absolute atomic E-state index is 0.121. The molecule has 0 saturated carbocycles. The predicted molar refractivity (Wildman–Crippen MR) is 78.4 cm³/mol. The molecule has 0 saturated heterocycles. The Kier molecular flexibility index (Phi) is 4.16. The second kappa shape index (κ2) is 5.66. The molecule has 1 aromatic carbocycles. The number of benzene rings is 1. The lowest BCUT2D eigenvalue weighted by atomic mass is 10.0. The lowest BCUT2D eigenvalue weighted by Gasteiger charge is -2.11. The Balaban J connectivity index is 2.69. The van der Waals surface area contributed by atoms with E-state index < -0.39 is 0 Å². The number of hydrogen-bond donors (Lipinski definition) is 1. The van der Waals surface area contributed by atoms with Gasteiger partial charge < -0.3 is 5.73 Å². The molecule has 0 fully saturated rings. The normalized spacial score (nSPS) is 10.2. The zero-order valence-electron chi connectivity index (χ0n) is 9.62. The topological polar surface area (TPSA) is 62.7 Å². The van der Waals surface area contributed by atoms with Crippen molar-refractivity contribution in [2.75, 3.05) is 5.73 Å². The molecular weight excluding hydrogens is 305 g/mol. The van der Waals surface area contributed by atoms with Gasteiger partial charge in [0.1, 0.15) is 5.82 Å². The molecule has 1 aromatic heterocycles. The molecule has 2 rings (SSSR count). The van der Waals surface area contributed by atoms with Crippen molar-refractivity contribution in [2.24, 2.45) is 0 Å². The second-order valence-electron chi connectivity index (χ2n) is 3.81. The van der Waals surface area contributed by atoms with Crippen molar-refractivity contribution in [2.45, 2.75) is 6.42 Å². The number of hydrogen-bond acceptors (Lipinski definition) is 3. The molecular formula is C13H8Cl3N3. The first-order valence-electron chi connectivity index (χ1n) is 5.30. The summed E-state index contributed by atoms with van der Waals surface area (Å²) in [5, 5.41) is 10.1. The van der Waals surface area contributed by atoms with Crippen LogP contribution in [-0.4, -0.2) is 4.98 Å². The fourth-order valence-corrected chi connectivity index (χ4v) is 2.78. The molecule has 2 aromatic rings. The number of nitriles is 1. The van der Waals surface area contributed by atoms with Crippen LogP contribution in [0.1, 0.15) is 5.69 Å². The Morgan fingerprint density at radius 1 is 1.16 bits per heavy atom. The first-order chi connectivity index (χ1) is 9.02. The number of nitrogen functional groups attached to an aromatic ring is 1. The van der Waals surface area contributed by atoms with Crippen LogP contribution in [0.25, 0.3) is 11.1 Å². The summed E-state index contributed by atoms with van der Waals surface area (Å²) in [4.78, 5) is 4.15. The number of halogens is 3. The van der Waals surface area contributed by atoms with Gasteiger partial charge in [-0.3, -0.25) is 0 Å². The van der Waals surface area contributed by atoms with Gasteiger partial charge in [0.05, 0.1) is 28.2 Å². The van der Waals surface area contributed by atoms with E-state index in [1.165, 1.54) is 0 Å². The zero-order chi connectivity index (χ0) is 14.0. The van der Waals surface area contributed by atoms with Crippen LogP contribution in [0.2, 0.25) is 15.1 Å². The highest BCUT2D eigenvalue weighted by Gasteiger charge is 2.15. The summed E-state index contributed by atoms with van der Waals surface area (Å²) in [6.45, 7) is 0. The Bertz CT molecular complexity index is 654. The molecule has 0 aliphatic heterocycles. The third-order valence-electron chi connectivity index (χ3n) is 2.52. The molecule has 0 unspecified atom stereocenters. The van der Waals surface area contributed by atoms with E-state index in [2.05, 4.69) is 4.98 Å². The highest BCUT2D eigenvalue weighted by atomic mass is 35.5. The van der Waals surface area contributed by atoms with E-state index in [0.717, 1.165) is 0 Å². The number of rotatable bonds is 2. The minimum Gasteiger partial charge on any atom is -0.384 e. The van der Waals surface area contributed by atoms with Crippen LogP contribution in [0, 0.1) is 11.3 Å². The SMILES string of the molecule is N#CCc1nc(N)ccc1-c1c(Cl)cc(Cl)cc1Cl. The molecule has 0 atom stereocenters. The minimum atomic E-state index is 0.121. The van der Waals surface area contributed by atoms with E-state index >= 15 is 0 Å². The molecule has 96 valence electrons. The Morgan fingerprint density at radius 3 is 2.37 bits per heavy atom. The monoisotopic (exact) mass is 311 g/mol. The predicted octanol–water partition coefficient (Wildman–Crippen LogP) is 4.36. The maximum absolute atomic E-state index is 8.85. The molecule has 3 nitrogen and oxygen atoms in total. The van der Waals surface area contributed by atoms with Gasteiger partial charge in [0.25, 0.3) is 0 Å². The number of aromatic nitrogens is 1. The summed E-state index contributed by atoms with van der Waals surface area (Å²) in [5.41, 5.74) is 7.45. The molecule has 6 heteroatoms. The largest absolute Gasteiger partial charge is 0.384 e. The van der Waals surface area contributed by atoms with E-state index in [1.54, 1.807) is 24.3 Å². The van der Waals surface area contributed by atoms with Crippen molar-refractivity contribution in [1.29, 1.82) is 5.26 Å². The first-order valence-corrected chi connectivity index (χ1v) is 6.43. The lowest BCUT2D eigenvalue weighted by molar-refractivity contribution is 1.13. The van der Waals surface area contributed by atoms with Gasteiger partial charge in [-0.1, -0.05) is 34.8 Å². The van der Waals surface area contributed by atoms with Gasteiger partial charge in [-0.15, -0.1) is 0 Å². The third kappa shape index (κ3) is 2.93. The van der Waals surface area contributed by atoms with Crippen molar-refractivity contribution < 1.29 is 0 Å². The maximum atomic E-state index is 8.85. The van der Waals surface area contributed by atoms with Gasteiger partial charge in [0.2, 0.25) is 0 Å². The van der Waals surface area contributed by atoms with Gasteiger partial charge in [-0.2, -0.15) is 5.26 Å². The fourth-order valence-electron chi connectivity index (χ4n) is 1.76. The number of nitrogens with zero attached hydrogens (tertiary/aromatic N) is 2. The van der Waals surface area contributed by atoms with Crippen LogP contribution < -0.4 is 5.73 Å². The quantitative estimate of drug-likeness (QED) is 0.896. The molecule has 0 spiro atoms. The second-order valence-corrected chi connectivity index (χ2v) is 5.06. The molecule has 19 heavy (non-hydrogen) atoms. The number of nitrogens with two attached hydrogens (primary N) is 1. The van der Waals surface area contributed by atoms with Crippen LogP contribution >= 0.6 is 34.8 Å². The average molecular weight is 313 g/mol. The van der Waals surface area contributed by atoms with Crippen molar-refractivity contribution in [1.82, 2.24) is 4.98 Å². The molecule has 0 radical (unpaired) electrons. The molecule has 1 heterocycles.